The van der Waals surface area contributed by atoms with Crippen LogP contribution in [0.4, 0.5) is 0 Å². The van der Waals surface area contributed by atoms with Crippen molar-refractivity contribution in [2.24, 2.45) is 11.1 Å². The maximum atomic E-state index is 12.6. The number of carbonyl (C=O) groups excluding carboxylic acids is 1. The monoisotopic (exact) mass is 265 g/mol. The van der Waals surface area contributed by atoms with Gasteiger partial charge in [0.15, 0.2) is 5.78 Å². The molecule has 19 heavy (non-hydrogen) atoms. The minimum atomic E-state index is -0.541. The van der Waals surface area contributed by atoms with Gasteiger partial charge in [-0.2, -0.15) is 0 Å². The van der Waals surface area contributed by atoms with Crippen molar-refractivity contribution in [3.63, 3.8) is 0 Å². The summed E-state index contributed by atoms with van der Waals surface area (Å²) < 4.78 is 10.5. The molecule has 0 aromatic heterocycles. The van der Waals surface area contributed by atoms with Gasteiger partial charge in [-0.05, 0) is 18.6 Å². The van der Waals surface area contributed by atoms with Crippen molar-refractivity contribution in [2.45, 2.75) is 20.3 Å². The highest BCUT2D eigenvalue weighted by molar-refractivity contribution is 6.02. The van der Waals surface area contributed by atoms with Crippen LogP contribution in [-0.2, 0) is 4.74 Å². The molecular formula is C15H23NO3. The second-order valence-corrected chi connectivity index (χ2v) is 4.78. The fourth-order valence-electron chi connectivity index (χ4n) is 1.74. The summed E-state index contributed by atoms with van der Waals surface area (Å²) in [6.45, 7) is 5.10. The molecule has 1 rings (SSSR count). The summed E-state index contributed by atoms with van der Waals surface area (Å²) in [5, 5.41) is 0. The molecule has 0 saturated heterocycles. The molecule has 0 bridgehead atoms. The minimum absolute atomic E-state index is 0.0329. The van der Waals surface area contributed by atoms with Crippen LogP contribution in [-0.4, -0.2) is 32.7 Å². The summed E-state index contributed by atoms with van der Waals surface area (Å²) in [6.07, 6.45) is 0.703. The molecule has 1 atom stereocenters. The van der Waals surface area contributed by atoms with Crippen LogP contribution in [0, 0.1) is 5.41 Å². The Bertz CT molecular complexity index is 414. The SMILES string of the molecule is CCC(C)(CN)C(=O)c1ccccc1OCCOC. The number of nitrogens with two attached hydrogens (primary N) is 1. The normalized spacial score (nSPS) is 13.9. The van der Waals surface area contributed by atoms with Crippen LogP contribution in [0.15, 0.2) is 24.3 Å². The predicted molar refractivity (Wildman–Crippen MR) is 75.6 cm³/mol. The Balaban J connectivity index is 2.96. The van der Waals surface area contributed by atoms with Crippen LogP contribution in [0.2, 0.25) is 0 Å². The van der Waals surface area contributed by atoms with Gasteiger partial charge in [-0.1, -0.05) is 26.0 Å². The third-order valence-corrected chi connectivity index (χ3v) is 3.46. The molecule has 0 amide bonds. The van der Waals surface area contributed by atoms with Crippen LogP contribution in [0.1, 0.15) is 30.6 Å². The standard InChI is InChI=1S/C15H23NO3/c1-4-15(2,11-16)14(17)12-7-5-6-8-13(12)19-10-9-18-3/h5-8H,4,9-11,16H2,1-3H3. The van der Waals surface area contributed by atoms with E-state index in [4.69, 9.17) is 15.2 Å². The fourth-order valence-corrected chi connectivity index (χ4v) is 1.74. The average molecular weight is 265 g/mol. The van der Waals surface area contributed by atoms with Crippen molar-refractivity contribution >= 4 is 5.78 Å². The highest BCUT2D eigenvalue weighted by Crippen LogP contribution is 2.29. The third kappa shape index (κ3) is 3.78. The minimum Gasteiger partial charge on any atom is -0.490 e. The van der Waals surface area contributed by atoms with Gasteiger partial charge in [-0.25, -0.2) is 0 Å². The second-order valence-electron chi connectivity index (χ2n) is 4.78. The molecule has 0 heterocycles. The fraction of sp³-hybridized carbons (Fsp3) is 0.533. The zero-order valence-corrected chi connectivity index (χ0v) is 11.9. The van der Waals surface area contributed by atoms with E-state index >= 15 is 0 Å². The lowest BCUT2D eigenvalue weighted by Crippen LogP contribution is -2.35. The summed E-state index contributed by atoms with van der Waals surface area (Å²) in [6, 6.07) is 7.27. The third-order valence-electron chi connectivity index (χ3n) is 3.46. The van der Waals surface area contributed by atoms with E-state index < -0.39 is 5.41 Å². The second kappa shape index (κ2) is 7.26. The van der Waals surface area contributed by atoms with Gasteiger partial charge >= 0.3 is 0 Å². The van der Waals surface area contributed by atoms with Crippen molar-refractivity contribution in [3.8, 4) is 5.75 Å². The van der Waals surface area contributed by atoms with Gasteiger partial charge in [-0.15, -0.1) is 0 Å². The van der Waals surface area contributed by atoms with Crippen molar-refractivity contribution in [2.75, 3.05) is 26.9 Å². The largest absolute Gasteiger partial charge is 0.490 e. The van der Waals surface area contributed by atoms with Crippen molar-refractivity contribution in [3.05, 3.63) is 29.8 Å². The highest BCUT2D eigenvalue weighted by Gasteiger charge is 2.32. The number of methoxy groups -OCH3 is 1. The molecule has 0 spiro atoms. The number of hydrogen-bond donors (Lipinski definition) is 1. The van der Waals surface area contributed by atoms with Crippen LogP contribution < -0.4 is 10.5 Å². The number of rotatable bonds is 8. The van der Waals surface area contributed by atoms with E-state index in [1.807, 2.05) is 26.0 Å². The molecule has 0 fully saturated rings. The van der Waals surface area contributed by atoms with Crippen molar-refractivity contribution in [1.82, 2.24) is 0 Å². The maximum absolute atomic E-state index is 12.6. The predicted octanol–water partition coefficient (Wildman–Crippen LogP) is 2.27. The van der Waals surface area contributed by atoms with Gasteiger partial charge in [0.25, 0.3) is 0 Å². The Labute approximate surface area is 114 Å². The lowest BCUT2D eigenvalue weighted by molar-refractivity contribution is 0.0813. The van der Waals surface area contributed by atoms with Crippen LogP contribution >= 0.6 is 0 Å². The molecule has 4 heteroatoms. The summed E-state index contributed by atoms with van der Waals surface area (Å²) in [5.41, 5.74) is 5.80. The Kier molecular flexibility index (Phi) is 5.99. The molecule has 1 aromatic carbocycles. The van der Waals surface area contributed by atoms with E-state index in [2.05, 4.69) is 0 Å². The molecule has 106 valence electrons. The number of Topliss-reactive ketones (excluding diaryl/α,β-unsaturated/α-hetero) is 1. The van der Waals surface area contributed by atoms with Gasteiger partial charge in [-0.3, -0.25) is 4.79 Å². The molecule has 0 aliphatic rings. The van der Waals surface area contributed by atoms with E-state index in [-0.39, 0.29) is 5.78 Å². The molecule has 0 saturated carbocycles. The van der Waals surface area contributed by atoms with E-state index in [9.17, 15) is 4.79 Å². The maximum Gasteiger partial charge on any atom is 0.173 e. The van der Waals surface area contributed by atoms with E-state index in [1.165, 1.54) is 0 Å². The first kappa shape index (κ1) is 15.7. The molecule has 2 N–H and O–H groups in total. The van der Waals surface area contributed by atoms with Crippen LogP contribution in [0.25, 0.3) is 0 Å². The Morgan fingerprint density at radius 2 is 2.00 bits per heavy atom. The van der Waals surface area contributed by atoms with E-state index in [0.29, 0.717) is 37.5 Å². The van der Waals surface area contributed by atoms with Gasteiger partial charge in [0.1, 0.15) is 12.4 Å². The Morgan fingerprint density at radius 3 is 2.58 bits per heavy atom. The molecular weight excluding hydrogens is 242 g/mol. The van der Waals surface area contributed by atoms with Crippen LogP contribution in [0.5, 0.6) is 5.75 Å². The van der Waals surface area contributed by atoms with E-state index in [1.54, 1.807) is 19.2 Å². The number of benzene rings is 1. The summed E-state index contributed by atoms with van der Waals surface area (Å²) in [5.74, 6) is 0.628. The number of para-hydroxylation sites is 1. The van der Waals surface area contributed by atoms with Crippen molar-refractivity contribution in [1.29, 1.82) is 0 Å². The first-order valence-electron chi connectivity index (χ1n) is 6.54. The van der Waals surface area contributed by atoms with Gasteiger partial charge < -0.3 is 15.2 Å². The number of hydrogen-bond acceptors (Lipinski definition) is 4. The lowest BCUT2D eigenvalue weighted by Gasteiger charge is -2.25. The van der Waals surface area contributed by atoms with Crippen molar-refractivity contribution < 1.29 is 14.3 Å². The molecule has 4 nitrogen and oxygen atoms in total. The summed E-state index contributed by atoms with van der Waals surface area (Å²) >= 11 is 0. The van der Waals surface area contributed by atoms with Gasteiger partial charge in [0.2, 0.25) is 0 Å². The quantitative estimate of drug-likeness (QED) is 0.578. The molecule has 0 aliphatic carbocycles. The van der Waals surface area contributed by atoms with E-state index in [0.717, 1.165) is 0 Å². The van der Waals surface area contributed by atoms with Gasteiger partial charge in [0.05, 0.1) is 12.2 Å². The highest BCUT2D eigenvalue weighted by atomic mass is 16.5. The number of carbonyl (C=O) groups is 1. The first-order valence-corrected chi connectivity index (χ1v) is 6.54. The van der Waals surface area contributed by atoms with Crippen LogP contribution in [0.3, 0.4) is 0 Å². The zero-order valence-electron chi connectivity index (χ0n) is 11.9. The molecule has 0 radical (unpaired) electrons. The van der Waals surface area contributed by atoms with Gasteiger partial charge in [0, 0.05) is 19.1 Å². The summed E-state index contributed by atoms with van der Waals surface area (Å²) in [7, 11) is 1.61. The Hall–Kier alpha value is -1.39. The average Bonchev–Trinajstić information content (AvgIpc) is 2.46. The Morgan fingerprint density at radius 1 is 1.32 bits per heavy atom. The smallest absolute Gasteiger partial charge is 0.173 e. The lowest BCUT2D eigenvalue weighted by atomic mass is 9.80. The molecule has 1 unspecified atom stereocenters. The first-order chi connectivity index (χ1) is 9.09. The topological polar surface area (TPSA) is 61.6 Å². The number of ketones is 1. The molecule has 1 aromatic rings. The number of ether oxygens (including phenoxy) is 2. The summed E-state index contributed by atoms with van der Waals surface area (Å²) in [4.78, 5) is 12.6. The zero-order chi connectivity index (χ0) is 14.3. The molecule has 0 aliphatic heterocycles.